The summed E-state index contributed by atoms with van der Waals surface area (Å²) in [6.07, 6.45) is 0. The van der Waals surface area contributed by atoms with E-state index >= 15 is 0 Å². The molecule has 0 saturated carbocycles. The van der Waals surface area contributed by atoms with Gasteiger partial charge >= 0.3 is 0 Å². The second-order valence-electron chi connectivity index (χ2n) is 4.67. The second-order valence-corrected chi connectivity index (χ2v) is 5.11. The average Bonchev–Trinajstić information content (AvgIpc) is 2.70. The molecule has 1 heterocycles. The van der Waals surface area contributed by atoms with Crippen LogP contribution in [0.25, 0.3) is 0 Å². The molecule has 2 aromatic rings. The SMILES string of the molecule is Cl.Cl.NC1CN(Cc2ccc(Cl)cc2)c2ccccc21. The van der Waals surface area contributed by atoms with E-state index in [0.29, 0.717) is 0 Å². The highest BCUT2D eigenvalue weighted by atomic mass is 35.5. The van der Waals surface area contributed by atoms with Gasteiger partial charge in [-0.1, -0.05) is 41.9 Å². The third-order valence-electron chi connectivity index (χ3n) is 3.38. The standard InChI is InChI=1S/C15H15ClN2.2ClH/c16-12-7-5-11(6-8-12)9-18-10-14(17)13-3-1-2-4-15(13)18;;/h1-8,14H,9-10,17H2;2*1H. The molecule has 0 aliphatic carbocycles. The summed E-state index contributed by atoms with van der Waals surface area (Å²) in [6, 6.07) is 16.5. The van der Waals surface area contributed by atoms with E-state index in [1.165, 1.54) is 16.8 Å². The van der Waals surface area contributed by atoms with E-state index in [1.807, 2.05) is 18.2 Å². The molecule has 0 saturated heterocycles. The van der Waals surface area contributed by atoms with Crippen molar-refractivity contribution in [3.8, 4) is 0 Å². The summed E-state index contributed by atoms with van der Waals surface area (Å²) in [5.74, 6) is 0. The molecule has 0 spiro atoms. The molecule has 0 radical (unpaired) electrons. The van der Waals surface area contributed by atoms with Crippen LogP contribution in [0.5, 0.6) is 0 Å². The van der Waals surface area contributed by atoms with Crippen molar-refractivity contribution in [2.75, 3.05) is 11.4 Å². The minimum atomic E-state index is 0. The molecule has 0 fully saturated rings. The molecule has 1 unspecified atom stereocenters. The molecule has 0 bridgehead atoms. The largest absolute Gasteiger partial charge is 0.365 e. The Labute approximate surface area is 136 Å². The Bertz CT molecular complexity index is 557. The first-order chi connectivity index (χ1) is 8.74. The van der Waals surface area contributed by atoms with Crippen LogP contribution in [0.15, 0.2) is 48.5 Å². The normalized spacial score (nSPS) is 16.1. The van der Waals surface area contributed by atoms with Crippen LogP contribution in [0.3, 0.4) is 0 Å². The predicted octanol–water partition coefficient (Wildman–Crippen LogP) is 4.20. The average molecular weight is 332 g/mol. The lowest BCUT2D eigenvalue weighted by molar-refractivity contribution is 0.720. The van der Waals surface area contributed by atoms with Gasteiger partial charge in [0.15, 0.2) is 0 Å². The Balaban J connectivity index is 0.000001000. The van der Waals surface area contributed by atoms with E-state index in [9.17, 15) is 0 Å². The van der Waals surface area contributed by atoms with Crippen LogP contribution in [-0.2, 0) is 6.54 Å². The van der Waals surface area contributed by atoms with Gasteiger partial charge < -0.3 is 10.6 Å². The van der Waals surface area contributed by atoms with Crippen molar-refractivity contribution in [3.63, 3.8) is 0 Å². The molecule has 1 atom stereocenters. The van der Waals surface area contributed by atoms with Gasteiger partial charge in [-0.2, -0.15) is 0 Å². The highest BCUT2D eigenvalue weighted by Crippen LogP contribution is 2.34. The summed E-state index contributed by atoms with van der Waals surface area (Å²) < 4.78 is 0. The molecular formula is C15H17Cl3N2. The molecule has 3 rings (SSSR count). The van der Waals surface area contributed by atoms with Gasteiger partial charge in [-0.05, 0) is 29.3 Å². The Hall–Kier alpha value is -0.930. The molecule has 108 valence electrons. The number of nitrogens with two attached hydrogens (primary N) is 1. The lowest BCUT2D eigenvalue weighted by Crippen LogP contribution is -2.23. The Morgan fingerprint density at radius 2 is 1.70 bits per heavy atom. The number of nitrogens with zero attached hydrogens (tertiary/aromatic N) is 1. The van der Waals surface area contributed by atoms with Crippen molar-refractivity contribution < 1.29 is 0 Å². The van der Waals surface area contributed by atoms with Gasteiger partial charge in [0.05, 0.1) is 0 Å². The summed E-state index contributed by atoms with van der Waals surface area (Å²) in [6.45, 7) is 1.75. The lowest BCUT2D eigenvalue weighted by atomic mass is 10.1. The van der Waals surface area contributed by atoms with Crippen molar-refractivity contribution in [2.45, 2.75) is 12.6 Å². The monoisotopic (exact) mass is 330 g/mol. The number of halogens is 3. The minimum absolute atomic E-state index is 0. The van der Waals surface area contributed by atoms with Crippen LogP contribution < -0.4 is 10.6 Å². The molecule has 5 heteroatoms. The smallest absolute Gasteiger partial charge is 0.0493 e. The van der Waals surface area contributed by atoms with Gasteiger partial charge in [0.1, 0.15) is 0 Å². The molecule has 1 aliphatic heterocycles. The maximum absolute atomic E-state index is 6.15. The van der Waals surface area contributed by atoms with E-state index in [4.69, 9.17) is 17.3 Å². The third-order valence-corrected chi connectivity index (χ3v) is 3.63. The van der Waals surface area contributed by atoms with Crippen molar-refractivity contribution in [2.24, 2.45) is 5.73 Å². The molecular weight excluding hydrogens is 315 g/mol. The molecule has 2 aromatic carbocycles. The lowest BCUT2D eigenvalue weighted by Gasteiger charge is -2.19. The topological polar surface area (TPSA) is 29.3 Å². The maximum atomic E-state index is 6.15. The highest BCUT2D eigenvalue weighted by molar-refractivity contribution is 6.30. The summed E-state index contributed by atoms with van der Waals surface area (Å²) >= 11 is 5.90. The molecule has 0 amide bonds. The zero-order chi connectivity index (χ0) is 12.5. The number of fused-ring (bicyclic) bond motifs is 1. The first-order valence-electron chi connectivity index (χ1n) is 6.08. The molecule has 20 heavy (non-hydrogen) atoms. The van der Waals surface area contributed by atoms with Crippen LogP contribution in [-0.4, -0.2) is 6.54 Å². The zero-order valence-corrected chi connectivity index (χ0v) is 13.2. The Kier molecular flexibility index (Phi) is 6.15. The van der Waals surface area contributed by atoms with Crippen molar-refractivity contribution in [1.82, 2.24) is 0 Å². The van der Waals surface area contributed by atoms with Crippen LogP contribution in [0, 0.1) is 0 Å². The van der Waals surface area contributed by atoms with E-state index < -0.39 is 0 Å². The van der Waals surface area contributed by atoms with E-state index in [0.717, 1.165) is 18.1 Å². The van der Waals surface area contributed by atoms with Crippen LogP contribution in [0.1, 0.15) is 17.2 Å². The Morgan fingerprint density at radius 1 is 1.05 bits per heavy atom. The highest BCUT2D eigenvalue weighted by Gasteiger charge is 2.24. The fourth-order valence-corrected chi connectivity index (χ4v) is 2.61. The van der Waals surface area contributed by atoms with Gasteiger partial charge in [0.25, 0.3) is 0 Å². The van der Waals surface area contributed by atoms with Gasteiger partial charge in [-0.15, -0.1) is 24.8 Å². The number of rotatable bonds is 2. The van der Waals surface area contributed by atoms with Crippen molar-refractivity contribution >= 4 is 42.1 Å². The van der Waals surface area contributed by atoms with E-state index in [1.54, 1.807) is 0 Å². The van der Waals surface area contributed by atoms with Crippen molar-refractivity contribution in [3.05, 3.63) is 64.7 Å². The Morgan fingerprint density at radius 3 is 2.40 bits per heavy atom. The van der Waals surface area contributed by atoms with E-state index in [2.05, 4.69) is 35.2 Å². The van der Waals surface area contributed by atoms with Crippen molar-refractivity contribution in [1.29, 1.82) is 0 Å². The maximum Gasteiger partial charge on any atom is 0.0493 e. The number of hydrogen-bond donors (Lipinski definition) is 1. The number of hydrogen-bond acceptors (Lipinski definition) is 2. The first-order valence-corrected chi connectivity index (χ1v) is 6.46. The quantitative estimate of drug-likeness (QED) is 0.893. The summed E-state index contributed by atoms with van der Waals surface area (Å²) in [4.78, 5) is 2.32. The summed E-state index contributed by atoms with van der Waals surface area (Å²) in [5, 5.41) is 0.775. The summed E-state index contributed by atoms with van der Waals surface area (Å²) in [5.41, 5.74) is 9.90. The van der Waals surface area contributed by atoms with Crippen LogP contribution in [0.4, 0.5) is 5.69 Å². The fraction of sp³-hybridized carbons (Fsp3) is 0.200. The zero-order valence-electron chi connectivity index (χ0n) is 10.8. The minimum Gasteiger partial charge on any atom is -0.365 e. The number of para-hydroxylation sites is 1. The molecule has 2 N–H and O–H groups in total. The van der Waals surface area contributed by atoms with Crippen LogP contribution in [0.2, 0.25) is 5.02 Å². The van der Waals surface area contributed by atoms with Gasteiger partial charge in [-0.3, -0.25) is 0 Å². The van der Waals surface area contributed by atoms with Gasteiger partial charge in [0, 0.05) is 29.8 Å². The van der Waals surface area contributed by atoms with Gasteiger partial charge in [-0.25, -0.2) is 0 Å². The predicted molar refractivity (Wildman–Crippen MR) is 90.4 cm³/mol. The third kappa shape index (κ3) is 3.39. The first kappa shape index (κ1) is 17.1. The second kappa shape index (κ2) is 7.19. The van der Waals surface area contributed by atoms with Crippen LogP contribution >= 0.6 is 36.4 Å². The molecule has 2 nitrogen and oxygen atoms in total. The van der Waals surface area contributed by atoms with E-state index in [-0.39, 0.29) is 30.9 Å². The summed E-state index contributed by atoms with van der Waals surface area (Å²) in [7, 11) is 0. The number of benzene rings is 2. The fourth-order valence-electron chi connectivity index (χ4n) is 2.48. The van der Waals surface area contributed by atoms with Gasteiger partial charge in [0.2, 0.25) is 0 Å². The molecule has 1 aliphatic rings. The molecule has 0 aromatic heterocycles. The number of anilines is 1.